The van der Waals surface area contributed by atoms with E-state index in [1.807, 2.05) is 0 Å². The number of halogens is 1. The number of anilines is 1. The zero-order valence-electron chi connectivity index (χ0n) is 11.2. The molecule has 0 aliphatic rings. The summed E-state index contributed by atoms with van der Waals surface area (Å²) in [4.78, 5) is 4.27. The predicted octanol–water partition coefficient (Wildman–Crippen LogP) is -2.13. The van der Waals surface area contributed by atoms with Crippen LogP contribution in [0.1, 0.15) is 19.5 Å². The maximum Gasteiger partial charge on any atom is 0.117 e. The predicted molar refractivity (Wildman–Crippen MR) is 88.0 cm³/mol. The number of benzene rings is 1. The lowest BCUT2D eigenvalue weighted by Crippen LogP contribution is -2.38. The van der Waals surface area contributed by atoms with Crippen LogP contribution < -0.4 is 27.6 Å². The molecule has 0 aliphatic heterocycles. The van der Waals surface area contributed by atoms with Crippen molar-refractivity contribution in [2.45, 2.75) is 19.4 Å². The fourth-order valence-electron chi connectivity index (χ4n) is 2.05. The van der Waals surface area contributed by atoms with E-state index in [9.17, 15) is 5.11 Å². The van der Waals surface area contributed by atoms with Gasteiger partial charge in [0.15, 0.2) is 0 Å². The number of nitrogens with two attached hydrogens (primary N) is 1. The van der Waals surface area contributed by atoms with Crippen molar-refractivity contribution in [3.05, 3.63) is 10.7 Å². The van der Waals surface area contributed by atoms with Crippen LogP contribution in [-0.2, 0) is 5.60 Å². The van der Waals surface area contributed by atoms with Crippen LogP contribution in [0.15, 0.2) is 0 Å². The molecule has 0 atom stereocenters. The summed E-state index contributed by atoms with van der Waals surface area (Å²) in [6.07, 6.45) is 0. The van der Waals surface area contributed by atoms with Gasteiger partial charge in [0.05, 0.1) is 11.2 Å². The van der Waals surface area contributed by atoms with E-state index in [-0.39, 0.29) is 43.8 Å². The van der Waals surface area contributed by atoms with Crippen molar-refractivity contribution in [3.8, 4) is 0 Å². The summed E-state index contributed by atoms with van der Waals surface area (Å²) < 4.78 is 0. The highest BCUT2D eigenvalue weighted by Gasteiger charge is 2.24. The normalized spacial score (nSPS) is 12.0. The van der Waals surface area contributed by atoms with Gasteiger partial charge in [-0.05, 0) is 19.2 Å². The van der Waals surface area contributed by atoms with Crippen LogP contribution >= 0.6 is 11.6 Å². The average Bonchev–Trinajstić information content (AvgIpc) is 2.35. The maximum absolute atomic E-state index is 10.1. The Kier molecular flexibility index (Phi) is 3.64. The number of fused-ring (bicyclic) bond motifs is 1. The number of aliphatic hydroxyl groups is 1. The average molecular weight is 276 g/mol. The van der Waals surface area contributed by atoms with Crippen LogP contribution in [0.2, 0.25) is 5.02 Å². The molecule has 2 aromatic rings. The highest BCUT2D eigenvalue weighted by atomic mass is 35.5. The molecular formula is C12H9B4ClN2O. The number of rotatable bonds is 1. The number of hydrogen-bond donors (Lipinski definition) is 2. The van der Waals surface area contributed by atoms with Crippen molar-refractivity contribution >= 4 is 81.4 Å². The largest absolute Gasteiger partial charge is 0.398 e. The Morgan fingerprint density at radius 2 is 1.60 bits per heavy atom. The molecule has 1 aromatic carbocycles. The van der Waals surface area contributed by atoms with E-state index in [0.717, 1.165) is 0 Å². The third-order valence-corrected chi connectivity index (χ3v) is 3.55. The first-order valence-corrected chi connectivity index (χ1v) is 6.18. The van der Waals surface area contributed by atoms with E-state index < -0.39 is 5.60 Å². The van der Waals surface area contributed by atoms with E-state index in [2.05, 4.69) is 4.98 Å². The number of pyridine rings is 1. The highest BCUT2D eigenvalue weighted by molar-refractivity contribution is 6.64. The smallest absolute Gasteiger partial charge is 0.117 e. The Balaban J connectivity index is 3.07. The molecule has 0 saturated carbocycles. The first-order valence-electron chi connectivity index (χ1n) is 5.80. The van der Waals surface area contributed by atoms with Gasteiger partial charge < -0.3 is 10.8 Å². The van der Waals surface area contributed by atoms with E-state index >= 15 is 0 Å². The van der Waals surface area contributed by atoms with Crippen molar-refractivity contribution in [1.29, 1.82) is 0 Å². The minimum absolute atomic E-state index is 0.110. The molecule has 1 heterocycles. The van der Waals surface area contributed by atoms with Gasteiger partial charge in [0.25, 0.3) is 0 Å². The number of nitrogens with zero attached hydrogens (tertiary/aromatic N) is 1. The first-order chi connectivity index (χ1) is 9.07. The summed E-state index contributed by atoms with van der Waals surface area (Å²) in [6, 6.07) is 0. The molecule has 92 valence electrons. The van der Waals surface area contributed by atoms with Gasteiger partial charge >= 0.3 is 0 Å². The second-order valence-corrected chi connectivity index (χ2v) is 5.50. The third-order valence-electron chi connectivity index (χ3n) is 3.14. The minimum Gasteiger partial charge on any atom is -0.398 e. The van der Waals surface area contributed by atoms with Gasteiger partial charge in [-0.3, -0.25) is 0 Å². The molecule has 0 fully saturated rings. The molecule has 3 N–H and O–H groups in total. The fourth-order valence-corrected chi connectivity index (χ4v) is 2.25. The summed E-state index contributed by atoms with van der Waals surface area (Å²) in [7, 11) is 23.6. The van der Waals surface area contributed by atoms with Crippen LogP contribution in [0.5, 0.6) is 0 Å². The summed E-state index contributed by atoms with van der Waals surface area (Å²) in [5, 5.41) is 10.6. The Hall–Kier alpha value is -1.06. The van der Waals surface area contributed by atoms with Crippen molar-refractivity contribution in [2.75, 3.05) is 5.73 Å². The molecule has 0 unspecified atom stereocenters. The lowest BCUT2D eigenvalue weighted by atomic mass is 9.71. The van der Waals surface area contributed by atoms with Crippen LogP contribution in [0.3, 0.4) is 0 Å². The topological polar surface area (TPSA) is 59.1 Å². The van der Waals surface area contributed by atoms with Gasteiger partial charge in [0.2, 0.25) is 0 Å². The van der Waals surface area contributed by atoms with E-state index in [1.54, 1.807) is 0 Å². The quantitative estimate of drug-likeness (QED) is 0.585. The van der Waals surface area contributed by atoms with E-state index in [1.165, 1.54) is 13.8 Å². The van der Waals surface area contributed by atoms with Crippen LogP contribution in [0.25, 0.3) is 10.9 Å². The van der Waals surface area contributed by atoms with Gasteiger partial charge in [-0.25, -0.2) is 4.98 Å². The standard InChI is InChI=1S/C12H9B4ClN2O/c1-12(2,20)11-9(18)5(14)3-4(13)8(17)6(15)7(16)10(3)19-11/h20H,18H2,1-2H3. The molecule has 8 radical (unpaired) electrons. The van der Waals surface area contributed by atoms with Gasteiger partial charge in [-0.1, -0.05) is 33.5 Å². The lowest BCUT2D eigenvalue weighted by molar-refractivity contribution is 0.0751. The second-order valence-electron chi connectivity index (χ2n) is 5.13. The molecule has 0 spiro atoms. The number of hydrogen-bond acceptors (Lipinski definition) is 3. The van der Waals surface area contributed by atoms with Crippen LogP contribution in [0, 0.1) is 0 Å². The van der Waals surface area contributed by atoms with Gasteiger partial charge in [0, 0.05) is 10.7 Å². The zero-order chi connectivity index (χ0) is 15.4. The monoisotopic (exact) mass is 276 g/mol. The number of aromatic nitrogens is 1. The Labute approximate surface area is 127 Å². The van der Waals surface area contributed by atoms with Crippen molar-refractivity contribution < 1.29 is 5.11 Å². The minimum atomic E-state index is -1.29. The zero-order valence-corrected chi connectivity index (χ0v) is 11.9. The Morgan fingerprint density at radius 1 is 1.05 bits per heavy atom. The van der Waals surface area contributed by atoms with E-state index in [4.69, 9.17) is 48.7 Å². The first kappa shape index (κ1) is 15.3. The maximum atomic E-state index is 10.1. The third kappa shape index (κ3) is 2.13. The molecule has 2 rings (SSSR count). The summed E-state index contributed by atoms with van der Waals surface area (Å²) in [6.45, 7) is 3.07. The van der Waals surface area contributed by atoms with Gasteiger partial charge in [0.1, 0.15) is 37.0 Å². The highest BCUT2D eigenvalue weighted by Crippen LogP contribution is 2.24. The Morgan fingerprint density at radius 3 is 2.10 bits per heavy atom. The molecule has 20 heavy (non-hydrogen) atoms. The summed E-state index contributed by atoms with van der Waals surface area (Å²) >= 11 is 6.01. The number of nitrogen functional groups attached to an aromatic ring is 1. The molecule has 0 saturated heterocycles. The Bertz CT molecular complexity index is 728. The molecular weight excluding hydrogens is 267 g/mol. The van der Waals surface area contributed by atoms with Gasteiger partial charge in [-0.2, -0.15) is 0 Å². The molecule has 0 amide bonds. The summed E-state index contributed by atoms with van der Waals surface area (Å²) in [5.41, 5.74) is 5.84. The van der Waals surface area contributed by atoms with E-state index in [0.29, 0.717) is 5.39 Å². The molecule has 0 aliphatic carbocycles. The molecule has 1 aromatic heterocycles. The van der Waals surface area contributed by atoms with Gasteiger partial charge in [-0.15, -0.1) is 0 Å². The second kappa shape index (κ2) is 4.74. The lowest BCUT2D eigenvalue weighted by Gasteiger charge is -2.24. The van der Waals surface area contributed by atoms with Crippen molar-refractivity contribution in [3.63, 3.8) is 0 Å². The molecule has 8 heteroatoms. The van der Waals surface area contributed by atoms with Crippen molar-refractivity contribution in [2.24, 2.45) is 0 Å². The summed E-state index contributed by atoms with van der Waals surface area (Å²) in [5.74, 6) is 0. The molecule has 3 nitrogen and oxygen atoms in total. The fraction of sp³-hybridized carbons (Fsp3) is 0.250. The van der Waals surface area contributed by atoms with Crippen LogP contribution in [-0.4, -0.2) is 41.5 Å². The SMILES string of the molecule is [B]c1c(Cl)c([B])c2c([B])c(N)c(C(C)(C)O)nc2c1[B]. The van der Waals surface area contributed by atoms with Crippen LogP contribution in [0.4, 0.5) is 5.69 Å². The molecule has 0 bridgehead atoms. The van der Waals surface area contributed by atoms with Crippen molar-refractivity contribution in [1.82, 2.24) is 4.98 Å².